The molecular weight excluding hydrogens is 204 g/mol. The Kier molecular flexibility index (Phi) is 5.71. The summed E-state index contributed by atoms with van der Waals surface area (Å²) < 4.78 is 21.5. The van der Waals surface area contributed by atoms with E-state index in [9.17, 15) is 13.2 Å². The Labute approximate surface area is 85.2 Å². The largest absolute Gasteiger partial charge is 0.355 e. The molecule has 0 aromatic rings. The molecule has 84 valence electrons. The highest BCUT2D eigenvalue weighted by Crippen LogP contribution is 1.88. The molecule has 1 unspecified atom stereocenters. The standard InChI is InChI=1S/C8H18N2O3S/c1-7(9-2)6-10-8(11)4-5-14(3,12)13/h7,9H,4-6H2,1-3H3,(H,10,11). The van der Waals surface area contributed by atoms with Gasteiger partial charge in [0.25, 0.3) is 0 Å². The lowest BCUT2D eigenvalue weighted by atomic mass is 10.3. The van der Waals surface area contributed by atoms with Gasteiger partial charge >= 0.3 is 0 Å². The summed E-state index contributed by atoms with van der Waals surface area (Å²) >= 11 is 0. The average Bonchev–Trinajstić information content (AvgIpc) is 2.09. The maximum atomic E-state index is 11.1. The van der Waals surface area contributed by atoms with Crippen LogP contribution in [-0.4, -0.2) is 46.0 Å². The smallest absolute Gasteiger partial charge is 0.221 e. The molecule has 0 saturated heterocycles. The summed E-state index contributed by atoms with van der Waals surface area (Å²) in [5.74, 6) is -0.315. The number of amides is 1. The lowest BCUT2D eigenvalue weighted by Crippen LogP contribution is -2.37. The molecule has 5 nitrogen and oxygen atoms in total. The van der Waals surface area contributed by atoms with E-state index in [1.54, 1.807) is 7.05 Å². The Morgan fingerprint density at radius 2 is 2.00 bits per heavy atom. The average molecular weight is 222 g/mol. The molecule has 14 heavy (non-hydrogen) atoms. The van der Waals surface area contributed by atoms with Crippen molar-refractivity contribution in [3.05, 3.63) is 0 Å². The topological polar surface area (TPSA) is 75.3 Å². The summed E-state index contributed by atoms with van der Waals surface area (Å²) in [6.45, 7) is 2.44. The van der Waals surface area contributed by atoms with Crippen molar-refractivity contribution in [3.63, 3.8) is 0 Å². The molecule has 0 fully saturated rings. The molecule has 0 bridgehead atoms. The highest BCUT2D eigenvalue weighted by atomic mass is 32.2. The van der Waals surface area contributed by atoms with Crippen LogP contribution in [0.1, 0.15) is 13.3 Å². The Balaban J connectivity index is 3.67. The van der Waals surface area contributed by atoms with Gasteiger partial charge in [-0.05, 0) is 14.0 Å². The van der Waals surface area contributed by atoms with Crippen LogP contribution in [0, 0.1) is 0 Å². The number of likely N-dealkylation sites (N-methyl/N-ethyl adjacent to an activating group) is 1. The minimum Gasteiger partial charge on any atom is -0.355 e. The third-order valence-electron chi connectivity index (χ3n) is 1.80. The van der Waals surface area contributed by atoms with Crippen LogP contribution in [0.15, 0.2) is 0 Å². The van der Waals surface area contributed by atoms with E-state index in [0.29, 0.717) is 6.54 Å². The van der Waals surface area contributed by atoms with Crippen LogP contribution in [0.4, 0.5) is 0 Å². The maximum absolute atomic E-state index is 11.1. The van der Waals surface area contributed by atoms with Gasteiger partial charge in [-0.1, -0.05) is 0 Å². The Morgan fingerprint density at radius 3 is 2.43 bits per heavy atom. The van der Waals surface area contributed by atoms with E-state index >= 15 is 0 Å². The molecule has 0 aromatic carbocycles. The van der Waals surface area contributed by atoms with Gasteiger partial charge < -0.3 is 10.6 Å². The van der Waals surface area contributed by atoms with E-state index in [-0.39, 0.29) is 24.1 Å². The van der Waals surface area contributed by atoms with E-state index < -0.39 is 9.84 Å². The van der Waals surface area contributed by atoms with Crippen molar-refractivity contribution in [2.24, 2.45) is 0 Å². The molecule has 0 aromatic heterocycles. The first-order chi connectivity index (χ1) is 6.35. The summed E-state index contributed by atoms with van der Waals surface area (Å²) in [6.07, 6.45) is 1.16. The number of carbonyl (C=O) groups excluding carboxylic acids is 1. The van der Waals surface area contributed by atoms with Gasteiger partial charge in [0.2, 0.25) is 5.91 Å². The number of hydrogen-bond donors (Lipinski definition) is 2. The van der Waals surface area contributed by atoms with E-state index in [2.05, 4.69) is 10.6 Å². The van der Waals surface area contributed by atoms with Crippen molar-refractivity contribution in [3.8, 4) is 0 Å². The van der Waals surface area contributed by atoms with Gasteiger partial charge in [0, 0.05) is 25.3 Å². The second-order valence-corrected chi connectivity index (χ2v) is 5.63. The molecule has 0 saturated carbocycles. The van der Waals surface area contributed by atoms with Gasteiger partial charge in [0.1, 0.15) is 9.84 Å². The van der Waals surface area contributed by atoms with Crippen LogP contribution in [-0.2, 0) is 14.6 Å². The van der Waals surface area contributed by atoms with Gasteiger partial charge in [0.05, 0.1) is 5.75 Å². The summed E-state index contributed by atoms with van der Waals surface area (Å²) in [5, 5.41) is 5.60. The number of rotatable bonds is 6. The summed E-state index contributed by atoms with van der Waals surface area (Å²) in [6, 6.07) is 0.192. The SMILES string of the molecule is CNC(C)CNC(=O)CCS(C)(=O)=O. The number of hydrogen-bond acceptors (Lipinski definition) is 4. The minimum atomic E-state index is -3.04. The highest BCUT2D eigenvalue weighted by Gasteiger charge is 2.08. The quantitative estimate of drug-likeness (QED) is 0.613. The lowest BCUT2D eigenvalue weighted by Gasteiger charge is -2.10. The van der Waals surface area contributed by atoms with Crippen molar-refractivity contribution >= 4 is 15.7 Å². The molecule has 0 rings (SSSR count). The van der Waals surface area contributed by atoms with E-state index in [1.165, 1.54) is 0 Å². The Morgan fingerprint density at radius 1 is 1.43 bits per heavy atom. The van der Waals surface area contributed by atoms with E-state index in [1.807, 2.05) is 6.92 Å². The van der Waals surface area contributed by atoms with Crippen molar-refractivity contribution in [2.45, 2.75) is 19.4 Å². The molecule has 6 heteroatoms. The zero-order chi connectivity index (χ0) is 11.2. The predicted molar refractivity (Wildman–Crippen MR) is 55.9 cm³/mol. The van der Waals surface area contributed by atoms with Gasteiger partial charge in [-0.15, -0.1) is 0 Å². The van der Waals surface area contributed by atoms with Crippen LogP contribution in [0.2, 0.25) is 0 Å². The predicted octanol–water partition coefficient (Wildman–Crippen LogP) is -0.855. The fourth-order valence-corrected chi connectivity index (χ4v) is 1.29. The number of sulfone groups is 1. The van der Waals surface area contributed by atoms with Crippen molar-refractivity contribution in [1.29, 1.82) is 0 Å². The highest BCUT2D eigenvalue weighted by molar-refractivity contribution is 7.90. The van der Waals surface area contributed by atoms with Crippen LogP contribution >= 0.6 is 0 Å². The van der Waals surface area contributed by atoms with Gasteiger partial charge in [-0.25, -0.2) is 8.42 Å². The molecule has 0 aliphatic heterocycles. The monoisotopic (exact) mass is 222 g/mol. The summed E-state index contributed by atoms with van der Waals surface area (Å²) in [7, 11) is -1.24. The number of carbonyl (C=O) groups is 1. The third-order valence-corrected chi connectivity index (χ3v) is 2.74. The first-order valence-electron chi connectivity index (χ1n) is 4.47. The molecule has 1 atom stereocenters. The second-order valence-electron chi connectivity index (χ2n) is 3.37. The second kappa shape index (κ2) is 5.98. The summed E-state index contributed by atoms with van der Waals surface area (Å²) in [4.78, 5) is 11.1. The zero-order valence-electron chi connectivity index (χ0n) is 8.83. The Bertz CT molecular complexity index is 274. The summed E-state index contributed by atoms with van der Waals surface area (Å²) in [5.41, 5.74) is 0. The molecule has 2 N–H and O–H groups in total. The van der Waals surface area contributed by atoms with Crippen LogP contribution in [0.3, 0.4) is 0 Å². The number of nitrogens with one attached hydrogen (secondary N) is 2. The van der Waals surface area contributed by atoms with Crippen LogP contribution in [0.5, 0.6) is 0 Å². The van der Waals surface area contributed by atoms with E-state index in [4.69, 9.17) is 0 Å². The molecule has 0 spiro atoms. The fourth-order valence-electron chi connectivity index (χ4n) is 0.735. The minimum absolute atomic E-state index is 0.0370. The first kappa shape index (κ1) is 13.4. The maximum Gasteiger partial charge on any atom is 0.221 e. The first-order valence-corrected chi connectivity index (χ1v) is 6.53. The van der Waals surface area contributed by atoms with Crippen LogP contribution < -0.4 is 10.6 Å². The van der Waals surface area contributed by atoms with Crippen LogP contribution in [0.25, 0.3) is 0 Å². The molecule has 0 radical (unpaired) electrons. The lowest BCUT2D eigenvalue weighted by molar-refractivity contribution is -0.120. The fraction of sp³-hybridized carbons (Fsp3) is 0.875. The molecule has 0 heterocycles. The molecule has 0 aliphatic carbocycles. The Hall–Kier alpha value is -0.620. The normalized spacial score (nSPS) is 13.6. The molecular formula is C8H18N2O3S. The van der Waals surface area contributed by atoms with Gasteiger partial charge in [-0.2, -0.15) is 0 Å². The third kappa shape index (κ3) is 8.00. The zero-order valence-corrected chi connectivity index (χ0v) is 9.65. The van der Waals surface area contributed by atoms with Gasteiger partial charge in [-0.3, -0.25) is 4.79 Å². The van der Waals surface area contributed by atoms with Gasteiger partial charge in [0.15, 0.2) is 0 Å². The van der Waals surface area contributed by atoms with E-state index in [0.717, 1.165) is 6.26 Å². The van der Waals surface area contributed by atoms with Crippen molar-refractivity contribution < 1.29 is 13.2 Å². The molecule has 1 amide bonds. The van der Waals surface area contributed by atoms with Crippen molar-refractivity contribution in [2.75, 3.05) is 25.6 Å². The molecule has 0 aliphatic rings. The van der Waals surface area contributed by atoms with Crippen molar-refractivity contribution in [1.82, 2.24) is 10.6 Å².